The van der Waals surface area contributed by atoms with Gasteiger partial charge in [0.2, 0.25) is 0 Å². The Labute approximate surface area is 91.3 Å². The molecule has 0 spiro atoms. The Balaban J connectivity index is 0.00000121. The molecule has 12 heavy (non-hydrogen) atoms. The zero-order valence-electron chi connectivity index (χ0n) is 6.40. The molecular weight excluding hydrogens is 255 g/mol. The van der Waals surface area contributed by atoms with Crippen molar-refractivity contribution < 1.29 is 39.8 Å². The van der Waals surface area contributed by atoms with E-state index in [2.05, 4.69) is 0 Å². The molecule has 0 aliphatic carbocycles. The molecule has 0 radical (unpaired) electrons. The van der Waals surface area contributed by atoms with Gasteiger partial charge in [-0.2, -0.15) is 0 Å². The number of halogens is 3. The van der Waals surface area contributed by atoms with Crippen LogP contribution in [-0.4, -0.2) is 7.11 Å². The standard InChI is InChI=1S/C7H5ClFO.ClH.Zn/c1-10-7-5(8)3-2-4-6(7)9;;/h2-3H,1H3;1H;/q;;+1/p-1. The Morgan fingerprint density at radius 1 is 1.50 bits per heavy atom. The van der Waals surface area contributed by atoms with Gasteiger partial charge in [-0.3, -0.25) is 0 Å². The summed E-state index contributed by atoms with van der Waals surface area (Å²) < 4.78 is 18.5. The minimum Gasteiger partial charge on any atom is -1.00 e. The molecule has 0 heterocycles. The van der Waals surface area contributed by atoms with E-state index >= 15 is 0 Å². The predicted octanol–water partition coefficient (Wildman–Crippen LogP) is -1.34. The van der Waals surface area contributed by atoms with Crippen LogP contribution in [0.2, 0.25) is 5.02 Å². The van der Waals surface area contributed by atoms with E-state index in [1.807, 2.05) is 0 Å². The molecular formula is C7H5Cl2FOZn. The average Bonchev–Trinajstić information content (AvgIpc) is 1.99. The molecule has 0 saturated carbocycles. The van der Waals surface area contributed by atoms with Crippen LogP contribution in [0, 0.1) is 5.82 Å². The Morgan fingerprint density at radius 3 is 2.50 bits per heavy atom. The minimum atomic E-state index is -0.333. The summed E-state index contributed by atoms with van der Waals surface area (Å²) in [5, 5.41) is 0.321. The average molecular weight is 260 g/mol. The summed E-state index contributed by atoms with van der Waals surface area (Å²) in [6, 6.07) is 3.31. The van der Waals surface area contributed by atoms with Crippen LogP contribution >= 0.6 is 11.6 Å². The van der Waals surface area contributed by atoms with Crippen molar-refractivity contribution in [1.82, 2.24) is 0 Å². The second-order valence-electron chi connectivity index (χ2n) is 2.05. The molecule has 1 aromatic carbocycles. The van der Waals surface area contributed by atoms with Crippen molar-refractivity contribution in [2.24, 2.45) is 0 Å². The number of methoxy groups -OCH3 is 1. The summed E-state index contributed by atoms with van der Waals surface area (Å²) in [7, 11) is 1.41. The van der Waals surface area contributed by atoms with Gasteiger partial charge in [0.15, 0.2) is 0 Å². The van der Waals surface area contributed by atoms with Gasteiger partial charge in [0.1, 0.15) is 0 Å². The molecule has 0 amide bonds. The van der Waals surface area contributed by atoms with Gasteiger partial charge >= 0.3 is 79.0 Å². The summed E-state index contributed by atoms with van der Waals surface area (Å²) in [6.07, 6.45) is 0. The maximum atomic E-state index is 13.1. The van der Waals surface area contributed by atoms with Crippen molar-refractivity contribution in [3.63, 3.8) is 0 Å². The fourth-order valence-corrected chi connectivity index (χ4v) is 1.57. The molecule has 0 N–H and O–H groups in total. The van der Waals surface area contributed by atoms with E-state index < -0.39 is 0 Å². The Bertz CT molecular complexity index is 280. The van der Waals surface area contributed by atoms with E-state index in [0.29, 0.717) is 9.18 Å². The molecule has 0 bridgehead atoms. The smallest absolute Gasteiger partial charge is 1.00 e. The maximum absolute atomic E-state index is 13.1. The van der Waals surface area contributed by atoms with Crippen LogP contribution in [0.4, 0.5) is 4.39 Å². The van der Waals surface area contributed by atoms with Crippen molar-refractivity contribution in [2.45, 2.75) is 0 Å². The predicted molar refractivity (Wildman–Crippen MR) is 37.6 cm³/mol. The number of benzene rings is 1. The largest absolute Gasteiger partial charge is 1.00 e. The number of hydrogen-bond donors (Lipinski definition) is 0. The van der Waals surface area contributed by atoms with Crippen LogP contribution < -0.4 is 21.3 Å². The summed E-state index contributed by atoms with van der Waals surface area (Å²) in [6.45, 7) is 0. The van der Waals surface area contributed by atoms with Gasteiger partial charge in [-0.15, -0.1) is 0 Å². The molecule has 0 saturated heterocycles. The van der Waals surface area contributed by atoms with E-state index in [0.717, 1.165) is 18.3 Å². The Kier molecular flexibility index (Phi) is 5.07. The number of hydrogen-bond acceptors (Lipinski definition) is 1. The molecule has 1 nitrogen and oxygen atoms in total. The first-order valence-corrected chi connectivity index (χ1v) is 4.87. The van der Waals surface area contributed by atoms with Crippen molar-refractivity contribution in [3.05, 3.63) is 23.0 Å². The molecule has 0 fully saturated rings. The molecule has 0 atom stereocenters. The van der Waals surface area contributed by atoms with Crippen molar-refractivity contribution in [2.75, 3.05) is 7.11 Å². The van der Waals surface area contributed by atoms with Gasteiger partial charge in [-0.05, 0) is 0 Å². The Hall–Kier alpha value is 0.153. The first kappa shape index (κ1) is 12.2. The molecule has 5 heteroatoms. The Morgan fingerprint density at radius 2 is 2.08 bits per heavy atom. The third kappa shape index (κ3) is 2.32. The van der Waals surface area contributed by atoms with Gasteiger partial charge < -0.3 is 12.4 Å². The summed E-state index contributed by atoms with van der Waals surface area (Å²) >= 11 is 6.41. The zero-order valence-corrected chi connectivity index (χ0v) is 10.9. The number of rotatable bonds is 1. The van der Waals surface area contributed by atoms with Gasteiger partial charge in [0, 0.05) is 0 Å². The molecule has 0 aliphatic heterocycles. The summed E-state index contributed by atoms with van der Waals surface area (Å²) in [5.41, 5.74) is 0. The zero-order chi connectivity index (χ0) is 8.43. The van der Waals surface area contributed by atoms with Crippen LogP contribution in [0.5, 0.6) is 5.75 Å². The molecule has 0 aliphatic rings. The molecule has 1 rings (SSSR count). The summed E-state index contributed by atoms with van der Waals surface area (Å²) in [4.78, 5) is 0. The van der Waals surface area contributed by atoms with E-state index in [1.54, 1.807) is 12.1 Å². The SMILES string of the molecule is COc1c(Cl)cc[c]([Zn+])c1F.[Cl-]. The second-order valence-corrected chi connectivity index (χ2v) is 4.06. The molecule has 1 aromatic rings. The molecule has 0 unspecified atom stereocenters. The van der Waals surface area contributed by atoms with Crippen molar-refractivity contribution in [1.29, 1.82) is 0 Å². The maximum Gasteiger partial charge on any atom is -1.00 e. The fraction of sp³-hybridized carbons (Fsp3) is 0.143. The first-order chi connectivity index (χ1) is 5.16. The molecule has 62 valence electrons. The van der Waals surface area contributed by atoms with E-state index in [4.69, 9.17) is 16.3 Å². The normalized spacial score (nSPS) is 9.08. The van der Waals surface area contributed by atoms with Crippen LogP contribution in [-0.2, 0) is 18.3 Å². The molecule has 0 aromatic heterocycles. The monoisotopic (exact) mass is 258 g/mol. The van der Waals surface area contributed by atoms with Gasteiger partial charge in [-0.25, -0.2) is 0 Å². The quantitative estimate of drug-likeness (QED) is 0.568. The van der Waals surface area contributed by atoms with E-state index in [1.165, 1.54) is 7.11 Å². The van der Waals surface area contributed by atoms with Crippen LogP contribution in [0.3, 0.4) is 0 Å². The van der Waals surface area contributed by atoms with Crippen molar-refractivity contribution in [3.8, 4) is 5.75 Å². The fourth-order valence-electron chi connectivity index (χ4n) is 0.760. The van der Waals surface area contributed by atoms with E-state index in [-0.39, 0.29) is 24.0 Å². The second kappa shape index (κ2) is 5.01. The third-order valence-electron chi connectivity index (χ3n) is 1.33. The summed E-state index contributed by atoms with van der Waals surface area (Å²) in [5.74, 6) is -0.185. The van der Waals surface area contributed by atoms with E-state index in [9.17, 15) is 4.39 Å². The van der Waals surface area contributed by atoms with Gasteiger partial charge in [0.25, 0.3) is 0 Å². The number of ether oxygens (including phenoxy) is 1. The minimum absolute atomic E-state index is 0. The topological polar surface area (TPSA) is 9.23 Å². The van der Waals surface area contributed by atoms with Gasteiger partial charge in [0.05, 0.1) is 0 Å². The first-order valence-electron chi connectivity index (χ1n) is 3.00. The van der Waals surface area contributed by atoms with Crippen LogP contribution in [0.25, 0.3) is 0 Å². The van der Waals surface area contributed by atoms with Crippen LogP contribution in [0.15, 0.2) is 12.1 Å². The van der Waals surface area contributed by atoms with Crippen molar-refractivity contribution >= 4 is 15.8 Å². The van der Waals surface area contributed by atoms with Crippen LogP contribution in [0.1, 0.15) is 0 Å². The third-order valence-corrected chi connectivity index (χ3v) is 2.78. The van der Waals surface area contributed by atoms with Gasteiger partial charge in [-0.1, -0.05) is 0 Å².